The van der Waals surface area contributed by atoms with E-state index in [0.29, 0.717) is 21.1 Å². The van der Waals surface area contributed by atoms with Crippen LogP contribution in [0.5, 0.6) is 0 Å². The summed E-state index contributed by atoms with van der Waals surface area (Å²) in [5.74, 6) is 0. The third-order valence-corrected chi connectivity index (χ3v) is 8.24. The Morgan fingerprint density at radius 3 is 2.41 bits per heavy atom. The standard InChI is InChI=1S/C27H32ClF3N5S/c28-25-18-23(6-3-20(25)19-32)34-22-9-13-35(14-10-22)26(37)2-1-15-36(16-11-33-12-17-36)24-7-4-21(5-8-24)27(29,30)31/h3-8,18,22,33-34H,1-2,9-17H2/q+1. The van der Waals surface area contributed by atoms with Crippen molar-refractivity contribution in [2.75, 3.05) is 51.1 Å². The maximum atomic E-state index is 13.0. The van der Waals surface area contributed by atoms with Gasteiger partial charge in [-0.05, 0) is 55.3 Å². The smallest absolute Gasteiger partial charge is 0.382 e. The number of alkyl halides is 3. The summed E-state index contributed by atoms with van der Waals surface area (Å²) >= 11 is 11.9. The molecule has 2 fully saturated rings. The third kappa shape index (κ3) is 6.94. The zero-order valence-electron chi connectivity index (χ0n) is 20.7. The van der Waals surface area contributed by atoms with Crippen LogP contribution in [-0.4, -0.2) is 61.7 Å². The highest BCUT2D eigenvalue weighted by molar-refractivity contribution is 7.80. The molecule has 10 heteroatoms. The minimum atomic E-state index is -4.32. The van der Waals surface area contributed by atoms with Crippen LogP contribution in [0.1, 0.15) is 36.8 Å². The van der Waals surface area contributed by atoms with Gasteiger partial charge in [-0.25, -0.2) is 0 Å². The van der Waals surface area contributed by atoms with Crippen LogP contribution in [0.4, 0.5) is 24.5 Å². The second kappa shape index (κ2) is 12.0. The molecule has 2 aromatic rings. The van der Waals surface area contributed by atoms with Crippen molar-refractivity contribution in [3.63, 3.8) is 0 Å². The summed E-state index contributed by atoms with van der Waals surface area (Å²) in [6.45, 7) is 6.01. The lowest BCUT2D eigenvalue weighted by atomic mass is 10.0. The molecule has 4 rings (SSSR count). The molecule has 2 aliphatic heterocycles. The van der Waals surface area contributed by atoms with Crippen molar-refractivity contribution >= 4 is 40.2 Å². The lowest BCUT2D eigenvalue weighted by molar-refractivity contribution is -0.137. The number of rotatable bonds is 7. The van der Waals surface area contributed by atoms with E-state index in [1.54, 1.807) is 24.3 Å². The van der Waals surface area contributed by atoms with Gasteiger partial charge < -0.3 is 15.5 Å². The number of benzene rings is 2. The molecular weight excluding hydrogens is 519 g/mol. The summed E-state index contributed by atoms with van der Waals surface area (Å²) < 4.78 is 39.8. The Morgan fingerprint density at radius 2 is 1.81 bits per heavy atom. The maximum Gasteiger partial charge on any atom is 0.416 e. The lowest BCUT2D eigenvalue weighted by Crippen LogP contribution is -2.60. The zero-order chi connectivity index (χ0) is 26.5. The van der Waals surface area contributed by atoms with Crippen LogP contribution >= 0.6 is 23.8 Å². The first-order valence-electron chi connectivity index (χ1n) is 12.7. The van der Waals surface area contributed by atoms with Crippen LogP contribution in [0.15, 0.2) is 42.5 Å². The number of anilines is 1. The summed E-state index contributed by atoms with van der Waals surface area (Å²) in [4.78, 5) is 3.24. The molecule has 198 valence electrons. The van der Waals surface area contributed by atoms with Crippen LogP contribution in [-0.2, 0) is 6.18 Å². The molecule has 5 nitrogen and oxygen atoms in total. The molecule has 2 N–H and O–H groups in total. The minimum Gasteiger partial charge on any atom is -0.382 e. The number of nitrogens with one attached hydrogen (secondary N) is 2. The SMILES string of the molecule is N#Cc1ccc(NC2CCN(C(=S)CCC[N+]3(c4ccc(C(F)(F)F)cc4)CCNCC3)CC2)cc1Cl. The zero-order valence-corrected chi connectivity index (χ0v) is 22.2. The molecule has 0 aromatic heterocycles. The summed E-state index contributed by atoms with van der Waals surface area (Å²) in [5.41, 5.74) is 1.72. The third-order valence-electron chi connectivity index (χ3n) is 7.46. The molecule has 0 atom stereocenters. The number of hydrogen-bond donors (Lipinski definition) is 2. The first-order valence-corrected chi connectivity index (χ1v) is 13.5. The van der Waals surface area contributed by atoms with Crippen molar-refractivity contribution in [3.05, 3.63) is 58.6 Å². The molecule has 2 aromatic carbocycles. The molecule has 0 spiro atoms. The van der Waals surface area contributed by atoms with Crippen LogP contribution in [0.3, 0.4) is 0 Å². The molecule has 2 heterocycles. The fourth-order valence-corrected chi connectivity index (χ4v) is 5.85. The van der Waals surface area contributed by atoms with Crippen molar-refractivity contribution in [1.29, 1.82) is 5.26 Å². The molecule has 2 aliphatic rings. The topological polar surface area (TPSA) is 51.1 Å². The van der Waals surface area contributed by atoms with Gasteiger partial charge in [0.1, 0.15) is 11.8 Å². The highest BCUT2D eigenvalue weighted by Crippen LogP contribution is 2.33. The van der Waals surface area contributed by atoms with Crippen molar-refractivity contribution in [2.24, 2.45) is 0 Å². The average molecular weight is 551 g/mol. The predicted octanol–water partition coefficient (Wildman–Crippen LogP) is 5.83. The van der Waals surface area contributed by atoms with E-state index in [0.717, 1.165) is 87.9 Å². The van der Waals surface area contributed by atoms with E-state index in [9.17, 15) is 13.2 Å². The maximum absolute atomic E-state index is 13.0. The number of likely N-dealkylation sites (tertiary alicyclic amines) is 1. The van der Waals surface area contributed by atoms with Gasteiger partial charge in [0.05, 0.1) is 40.8 Å². The van der Waals surface area contributed by atoms with Gasteiger partial charge in [0.15, 0.2) is 0 Å². The summed E-state index contributed by atoms with van der Waals surface area (Å²) in [6, 6.07) is 13.5. The fourth-order valence-electron chi connectivity index (χ4n) is 5.30. The first kappa shape index (κ1) is 27.6. The van der Waals surface area contributed by atoms with E-state index in [4.69, 9.17) is 29.1 Å². The molecule has 0 saturated carbocycles. The highest BCUT2D eigenvalue weighted by Gasteiger charge is 2.35. The number of nitrogens with zero attached hydrogens (tertiary/aromatic N) is 3. The summed E-state index contributed by atoms with van der Waals surface area (Å²) in [5, 5.41) is 16.4. The number of piperazine rings is 1. The van der Waals surface area contributed by atoms with Crippen molar-refractivity contribution in [1.82, 2.24) is 14.7 Å². The Labute approximate surface area is 226 Å². The van der Waals surface area contributed by atoms with E-state index in [2.05, 4.69) is 21.6 Å². The number of hydrogen-bond acceptors (Lipinski definition) is 4. The van der Waals surface area contributed by atoms with Gasteiger partial charge in [-0.3, -0.25) is 4.48 Å². The Balaban J connectivity index is 1.28. The summed E-state index contributed by atoms with van der Waals surface area (Å²) in [6.07, 6.45) is -0.727. The van der Waals surface area contributed by atoms with Gasteiger partial charge in [0, 0.05) is 50.7 Å². The second-order valence-electron chi connectivity index (χ2n) is 9.82. The Kier molecular flexibility index (Phi) is 8.96. The van der Waals surface area contributed by atoms with E-state index in [1.165, 1.54) is 12.1 Å². The monoisotopic (exact) mass is 550 g/mol. The quantitative estimate of drug-likeness (QED) is 0.336. The highest BCUT2D eigenvalue weighted by atomic mass is 35.5. The van der Waals surface area contributed by atoms with E-state index < -0.39 is 11.7 Å². The fraction of sp³-hybridized carbons (Fsp3) is 0.481. The van der Waals surface area contributed by atoms with Gasteiger partial charge in [0.25, 0.3) is 0 Å². The minimum absolute atomic E-state index is 0.317. The van der Waals surface area contributed by atoms with E-state index in [1.807, 2.05) is 6.07 Å². The lowest BCUT2D eigenvalue weighted by Gasteiger charge is -2.42. The number of quaternary nitrogens is 1. The van der Waals surface area contributed by atoms with Gasteiger partial charge in [0.2, 0.25) is 0 Å². The normalized spacial score (nSPS) is 18.3. The van der Waals surface area contributed by atoms with Crippen molar-refractivity contribution in [2.45, 2.75) is 37.9 Å². The Bertz CT molecular complexity index is 1120. The average Bonchev–Trinajstić information content (AvgIpc) is 2.89. The number of piperidine rings is 1. The molecule has 0 aliphatic carbocycles. The van der Waals surface area contributed by atoms with E-state index >= 15 is 0 Å². The first-order chi connectivity index (χ1) is 17.7. The van der Waals surface area contributed by atoms with Crippen LogP contribution in [0.2, 0.25) is 5.02 Å². The predicted molar refractivity (Wildman–Crippen MR) is 147 cm³/mol. The Hall–Kier alpha value is -2.38. The number of thiocarbonyl (C=S) groups is 1. The summed E-state index contributed by atoms with van der Waals surface area (Å²) in [7, 11) is 0. The molecule has 0 unspecified atom stereocenters. The second-order valence-corrected chi connectivity index (χ2v) is 10.7. The van der Waals surface area contributed by atoms with Gasteiger partial charge >= 0.3 is 6.18 Å². The molecule has 0 bridgehead atoms. The van der Waals surface area contributed by atoms with Crippen LogP contribution in [0, 0.1) is 11.3 Å². The van der Waals surface area contributed by atoms with Crippen molar-refractivity contribution < 1.29 is 13.2 Å². The number of nitriles is 1. The van der Waals surface area contributed by atoms with E-state index in [-0.39, 0.29) is 0 Å². The molecule has 0 amide bonds. The molecule has 0 radical (unpaired) electrons. The largest absolute Gasteiger partial charge is 0.416 e. The van der Waals surface area contributed by atoms with Crippen molar-refractivity contribution in [3.8, 4) is 6.07 Å². The van der Waals surface area contributed by atoms with Crippen LogP contribution < -0.4 is 15.1 Å². The van der Waals surface area contributed by atoms with Gasteiger partial charge in [-0.1, -0.05) is 23.8 Å². The molecular formula is C27H32ClF3N5S+. The van der Waals surface area contributed by atoms with Gasteiger partial charge in [-0.2, -0.15) is 18.4 Å². The Morgan fingerprint density at radius 1 is 1.14 bits per heavy atom. The van der Waals surface area contributed by atoms with Gasteiger partial charge in [-0.15, -0.1) is 0 Å². The molecule has 37 heavy (non-hydrogen) atoms. The van der Waals surface area contributed by atoms with Crippen LogP contribution in [0.25, 0.3) is 0 Å². The molecule has 2 saturated heterocycles. The number of halogens is 4.